The smallest absolute Gasteiger partial charge is 0.328 e. The van der Waals surface area contributed by atoms with Gasteiger partial charge in [-0.05, 0) is 56.9 Å². The summed E-state index contributed by atoms with van der Waals surface area (Å²) in [6.45, 7) is 17.9. The van der Waals surface area contributed by atoms with Gasteiger partial charge in [0, 0.05) is 23.4 Å². The molecule has 1 rings (SSSR count). The van der Waals surface area contributed by atoms with Gasteiger partial charge in [0.05, 0.1) is 0 Å². The van der Waals surface area contributed by atoms with Crippen LogP contribution in [0.5, 0.6) is 5.75 Å². The van der Waals surface area contributed by atoms with Crippen molar-refractivity contribution in [1.82, 2.24) is 0 Å². The fourth-order valence-electron chi connectivity index (χ4n) is 2.45. The molecule has 0 heterocycles. The number of anilines is 1. The number of hydrogen-bond donors (Lipinski definition) is 2. The summed E-state index contributed by atoms with van der Waals surface area (Å²) in [6.07, 6.45) is 2.91. The number of amides is 1. The first kappa shape index (κ1) is 22.0. The van der Waals surface area contributed by atoms with E-state index >= 15 is 0 Å². The summed E-state index contributed by atoms with van der Waals surface area (Å²) in [7, 11) is 0. The number of carboxylic acids is 1. The van der Waals surface area contributed by atoms with E-state index in [1.54, 1.807) is 12.1 Å². The van der Waals surface area contributed by atoms with Gasteiger partial charge in [-0.1, -0.05) is 30.9 Å². The molecule has 0 unspecified atom stereocenters. The van der Waals surface area contributed by atoms with Gasteiger partial charge in [0.15, 0.2) is 0 Å². The number of carbonyl (C=O) groups is 2. The predicted molar refractivity (Wildman–Crippen MR) is 109 cm³/mol. The number of carboxylic acid groups (broad SMARTS) is 1. The molecule has 0 saturated carbocycles. The van der Waals surface area contributed by atoms with Crippen LogP contribution in [-0.2, 0) is 22.4 Å². The predicted octanol–water partition coefficient (Wildman–Crippen LogP) is 4.46. The van der Waals surface area contributed by atoms with Crippen molar-refractivity contribution in [2.24, 2.45) is 0 Å². The van der Waals surface area contributed by atoms with Gasteiger partial charge in [-0.3, -0.25) is 4.79 Å². The molecule has 1 amide bonds. The van der Waals surface area contributed by atoms with Crippen LogP contribution in [0.1, 0.15) is 31.9 Å². The van der Waals surface area contributed by atoms with Crippen LogP contribution in [0.4, 0.5) is 5.69 Å². The molecule has 1 aromatic rings. The molecule has 0 atom stereocenters. The average Bonchev–Trinajstić information content (AvgIpc) is 2.54. The monoisotopic (exact) mass is 369 g/mol. The highest BCUT2D eigenvalue weighted by Gasteiger charge is 2.16. The highest BCUT2D eigenvalue weighted by Crippen LogP contribution is 2.33. The minimum Gasteiger partial charge on any atom is -0.489 e. The third kappa shape index (κ3) is 7.77. The van der Waals surface area contributed by atoms with Gasteiger partial charge < -0.3 is 15.2 Å². The fourth-order valence-corrected chi connectivity index (χ4v) is 2.45. The summed E-state index contributed by atoms with van der Waals surface area (Å²) in [4.78, 5) is 22.6. The number of benzene rings is 1. The molecule has 1 aromatic carbocycles. The Morgan fingerprint density at radius 3 is 2.11 bits per heavy atom. The van der Waals surface area contributed by atoms with Crippen molar-refractivity contribution in [3.8, 4) is 5.75 Å². The summed E-state index contributed by atoms with van der Waals surface area (Å²) in [6, 6.07) is 3.54. The van der Waals surface area contributed by atoms with Crippen LogP contribution < -0.4 is 10.1 Å². The second kappa shape index (κ2) is 10.2. The van der Waals surface area contributed by atoms with E-state index in [1.165, 1.54) is 0 Å². The van der Waals surface area contributed by atoms with Crippen LogP contribution in [-0.4, -0.2) is 23.6 Å². The van der Waals surface area contributed by atoms with E-state index in [4.69, 9.17) is 9.84 Å². The van der Waals surface area contributed by atoms with E-state index in [-0.39, 0.29) is 0 Å². The van der Waals surface area contributed by atoms with Crippen molar-refractivity contribution in [2.45, 2.75) is 33.6 Å². The Morgan fingerprint density at radius 2 is 1.59 bits per heavy atom. The topological polar surface area (TPSA) is 75.6 Å². The standard InChI is InChI=1S/C22H27NO4/c1-14(2)11-17-18(12-15(3)4)20(27-13-16(5)6)8-7-19(17)23-21(24)9-10-22(25)26/h7-10H,1,3,5,11-13H2,2,4,6H3,(H,23,24)(H,25,26)/b10-9-. The lowest BCUT2D eigenvalue weighted by atomic mass is 9.94. The third-order valence-electron chi connectivity index (χ3n) is 3.45. The summed E-state index contributed by atoms with van der Waals surface area (Å²) in [5.41, 5.74) is 5.17. The van der Waals surface area contributed by atoms with E-state index in [2.05, 4.69) is 25.1 Å². The van der Waals surface area contributed by atoms with Crippen molar-refractivity contribution < 1.29 is 19.4 Å². The van der Waals surface area contributed by atoms with Gasteiger partial charge in [-0.2, -0.15) is 0 Å². The lowest BCUT2D eigenvalue weighted by molar-refractivity contribution is -0.131. The molecular formula is C22H27NO4. The fraction of sp³-hybridized carbons (Fsp3) is 0.273. The van der Waals surface area contributed by atoms with Crippen LogP contribution in [0, 0.1) is 0 Å². The van der Waals surface area contributed by atoms with Gasteiger partial charge in [-0.15, -0.1) is 0 Å². The van der Waals surface area contributed by atoms with Gasteiger partial charge in [-0.25, -0.2) is 4.79 Å². The molecule has 144 valence electrons. The zero-order chi connectivity index (χ0) is 20.6. The largest absolute Gasteiger partial charge is 0.489 e. The maximum atomic E-state index is 12.0. The second-order valence-electron chi connectivity index (χ2n) is 6.74. The van der Waals surface area contributed by atoms with E-state index in [0.29, 0.717) is 30.9 Å². The lowest BCUT2D eigenvalue weighted by Gasteiger charge is -2.20. The number of carbonyl (C=O) groups excluding carboxylic acids is 1. The van der Waals surface area contributed by atoms with E-state index in [9.17, 15) is 9.59 Å². The molecule has 0 bridgehead atoms. The van der Waals surface area contributed by atoms with Crippen LogP contribution in [0.2, 0.25) is 0 Å². The van der Waals surface area contributed by atoms with Crippen molar-refractivity contribution in [3.63, 3.8) is 0 Å². The minimum absolute atomic E-state index is 0.392. The Balaban J connectivity index is 3.38. The van der Waals surface area contributed by atoms with Crippen LogP contribution in [0.3, 0.4) is 0 Å². The number of rotatable bonds is 10. The SMILES string of the molecule is C=C(C)COc1ccc(NC(=O)/C=C\C(=O)O)c(CC(=C)C)c1CC(=C)C. The van der Waals surface area contributed by atoms with Gasteiger partial charge in [0.25, 0.3) is 0 Å². The van der Waals surface area contributed by atoms with Gasteiger partial charge in [0.1, 0.15) is 12.4 Å². The molecule has 0 fully saturated rings. The molecule has 0 spiro atoms. The second-order valence-corrected chi connectivity index (χ2v) is 6.74. The summed E-state index contributed by atoms with van der Waals surface area (Å²) >= 11 is 0. The summed E-state index contributed by atoms with van der Waals surface area (Å²) < 4.78 is 5.89. The molecular weight excluding hydrogens is 342 g/mol. The first-order chi connectivity index (χ1) is 12.6. The quantitative estimate of drug-likeness (QED) is 0.472. The Bertz CT molecular complexity index is 803. The van der Waals surface area contributed by atoms with Gasteiger partial charge in [0.2, 0.25) is 5.91 Å². The zero-order valence-electron chi connectivity index (χ0n) is 16.2. The normalized spacial score (nSPS) is 10.5. The van der Waals surface area contributed by atoms with Crippen LogP contribution >= 0.6 is 0 Å². The third-order valence-corrected chi connectivity index (χ3v) is 3.45. The van der Waals surface area contributed by atoms with Crippen molar-refractivity contribution in [2.75, 3.05) is 11.9 Å². The number of nitrogens with one attached hydrogen (secondary N) is 1. The minimum atomic E-state index is -1.18. The average molecular weight is 369 g/mol. The Kier molecular flexibility index (Phi) is 8.27. The summed E-state index contributed by atoms with van der Waals surface area (Å²) in [5, 5.41) is 11.4. The highest BCUT2D eigenvalue weighted by molar-refractivity contribution is 6.02. The first-order valence-electron chi connectivity index (χ1n) is 8.52. The molecule has 2 N–H and O–H groups in total. The number of hydrogen-bond acceptors (Lipinski definition) is 3. The van der Waals surface area contributed by atoms with Gasteiger partial charge >= 0.3 is 5.97 Å². The number of allylic oxidation sites excluding steroid dienone is 2. The number of ether oxygens (including phenoxy) is 1. The molecule has 0 aliphatic heterocycles. The van der Waals surface area contributed by atoms with Crippen LogP contribution in [0.15, 0.2) is 60.7 Å². The zero-order valence-corrected chi connectivity index (χ0v) is 16.2. The number of aliphatic carboxylic acids is 1. The molecule has 0 aliphatic rings. The Labute approximate surface area is 160 Å². The molecule has 0 aliphatic carbocycles. The maximum absolute atomic E-state index is 12.0. The Hall–Kier alpha value is -3.08. The van der Waals surface area contributed by atoms with Crippen molar-refractivity contribution in [3.05, 3.63) is 71.9 Å². The summed E-state index contributed by atoms with van der Waals surface area (Å²) in [5.74, 6) is -0.993. The first-order valence-corrected chi connectivity index (χ1v) is 8.52. The van der Waals surface area contributed by atoms with Crippen molar-refractivity contribution in [1.29, 1.82) is 0 Å². The van der Waals surface area contributed by atoms with E-state index < -0.39 is 11.9 Å². The Morgan fingerprint density at radius 1 is 1.00 bits per heavy atom. The molecule has 5 heteroatoms. The molecule has 5 nitrogen and oxygen atoms in total. The molecule has 0 radical (unpaired) electrons. The maximum Gasteiger partial charge on any atom is 0.328 e. The van der Waals surface area contributed by atoms with Crippen LogP contribution in [0.25, 0.3) is 0 Å². The van der Waals surface area contributed by atoms with Crippen molar-refractivity contribution >= 4 is 17.6 Å². The van der Waals surface area contributed by atoms with E-state index in [0.717, 1.165) is 40.0 Å². The molecule has 0 saturated heterocycles. The van der Waals surface area contributed by atoms with E-state index in [1.807, 2.05) is 20.8 Å². The highest BCUT2D eigenvalue weighted by atomic mass is 16.5. The molecule has 0 aromatic heterocycles. The molecule has 27 heavy (non-hydrogen) atoms. The lowest BCUT2D eigenvalue weighted by Crippen LogP contribution is -2.13.